The van der Waals surface area contributed by atoms with E-state index in [0.717, 1.165) is 14.9 Å². The van der Waals surface area contributed by atoms with E-state index in [1.165, 1.54) is 6.26 Å². The van der Waals surface area contributed by atoms with Gasteiger partial charge in [0.05, 0.1) is 6.26 Å². The number of carbonyl (C=O) groups is 1. The van der Waals surface area contributed by atoms with Gasteiger partial charge in [0.1, 0.15) is 0 Å². The quantitative estimate of drug-likeness (QED) is 0.392. The van der Waals surface area contributed by atoms with Crippen molar-refractivity contribution in [2.24, 2.45) is 5.84 Å². The highest BCUT2D eigenvalue weighted by Gasteiger charge is 2.14. The van der Waals surface area contributed by atoms with Gasteiger partial charge in [-0.3, -0.25) is 10.2 Å². The van der Waals surface area contributed by atoms with Crippen LogP contribution in [0.1, 0.15) is 16.1 Å². The summed E-state index contributed by atoms with van der Waals surface area (Å²) in [5.74, 6) is 5.59. The number of nitrogens with two attached hydrogens (primary N) is 1. The van der Waals surface area contributed by atoms with E-state index in [9.17, 15) is 4.79 Å². The van der Waals surface area contributed by atoms with Gasteiger partial charge in [0, 0.05) is 20.7 Å². The highest BCUT2D eigenvalue weighted by molar-refractivity contribution is 9.10. The number of thioether (sulfide) groups is 1. The first-order valence-corrected chi connectivity index (χ1v) is 6.94. The van der Waals surface area contributed by atoms with Crippen LogP contribution >= 0.6 is 27.7 Å². The van der Waals surface area contributed by atoms with Gasteiger partial charge in [-0.15, -0.1) is 11.8 Å². The minimum Gasteiger partial charge on any atom is -0.459 e. The molecule has 0 unspecified atom stereocenters. The predicted octanol–water partition coefficient (Wildman–Crippen LogP) is 2.94. The van der Waals surface area contributed by atoms with Crippen LogP contribution in [0.2, 0.25) is 0 Å². The molecule has 1 aromatic heterocycles. The smallest absolute Gasteiger partial charge is 0.301 e. The summed E-state index contributed by atoms with van der Waals surface area (Å²) in [5, 5.41) is 0. The Morgan fingerprint density at radius 1 is 1.33 bits per heavy atom. The molecule has 0 atom stereocenters. The van der Waals surface area contributed by atoms with E-state index in [1.54, 1.807) is 17.8 Å². The molecule has 0 saturated heterocycles. The summed E-state index contributed by atoms with van der Waals surface area (Å²) in [6.45, 7) is 0. The molecule has 0 spiro atoms. The van der Waals surface area contributed by atoms with Crippen molar-refractivity contribution in [3.8, 4) is 0 Å². The fourth-order valence-electron chi connectivity index (χ4n) is 1.41. The van der Waals surface area contributed by atoms with Gasteiger partial charge in [0.15, 0.2) is 5.76 Å². The lowest BCUT2D eigenvalue weighted by atomic mass is 10.3. The molecule has 0 aliphatic carbocycles. The Morgan fingerprint density at radius 3 is 2.72 bits per heavy atom. The van der Waals surface area contributed by atoms with Gasteiger partial charge < -0.3 is 4.42 Å². The Labute approximate surface area is 117 Å². The number of hydrogen-bond acceptors (Lipinski definition) is 4. The molecule has 1 amide bonds. The third-order valence-corrected chi connectivity index (χ3v) is 3.88. The molecular formula is C12H11BrN2O2S. The van der Waals surface area contributed by atoms with Crippen LogP contribution in [0.5, 0.6) is 0 Å². The number of nitrogen functional groups attached to an aromatic ring is 1. The van der Waals surface area contributed by atoms with Gasteiger partial charge in [-0.05, 0) is 30.3 Å². The molecule has 2 rings (SSSR count). The second-order valence-corrected chi connectivity index (χ2v) is 5.46. The lowest BCUT2D eigenvalue weighted by Gasteiger charge is -2.02. The van der Waals surface area contributed by atoms with Crippen LogP contribution in [0.3, 0.4) is 0 Å². The number of halogens is 1. The monoisotopic (exact) mass is 326 g/mol. The summed E-state index contributed by atoms with van der Waals surface area (Å²) >= 11 is 5.01. The summed E-state index contributed by atoms with van der Waals surface area (Å²) in [4.78, 5) is 12.5. The Kier molecular flexibility index (Phi) is 4.46. The summed E-state index contributed by atoms with van der Waals surface area (Å²) in [7, 11) is 0. The lowest BCUT2D eigenvalue weighted by molar-refractivity contribution is 0.0925. The Bertz CT molecular complexity index is 539. The Balaban J connectivity index is 2.04. The van der Waals surface area contributed by atoms with Crippen molar-refractivity contribution >= 4 is 33.6 Å². The number of hydrazine groups is 1. The number of amides is 1. The van der Waals surface area contributed by atoms with E-state index in [-0.39, 0.29) is 5.76 Å². The maximum absolute atomic E-state index is 11.4. The fourth-order valence-corrected chi connectivity index (χ4v) is 2.55. The van der Waals surface area contributed by atoms with E-state index in [4.69, 9.17) is 10.3 Å². The average molecular weight is 327 g/mol. The van der Waals surface area contributed by atoms with Crippen molar-refractivity contribution in [3.05, 3.63) is 52.4 Å². The predicted molar refractivity (Wildman–Crippen MR) is 74.1 cm³/mol. The molecule has 0 bridgehead atoms. The Morgan fingerprint density at radius 2 is 2.06 bits per heavy atom. The molecular weight excluding hydrogens is 316 g/mol. The van der Waals surface area contributed by atoms with Crippen LogP contribution < -0.4 is 11.3 Å². The van der Waals surface area contributed by atoms with Crippen LogP contribution in [-0.4, -0.2) is 5.91 Å². The number of carbonyl (C=O) groups excluding carboxylic acids is 1. The fraction of sp³-hybridized carbons (Fsp3) is 0.0833. The van der Waals surface area contributed by atoms with E-state index in [0.29, 0.717) is 5.75 Å². The first kappa shape index (κ1) is 13.2. The van der Waals surface area contributed by atoms with Gasteiger partial charge in [-0.25, -0.2) is 5.84 Å². The van der Waals surface area contributed by atoms with Crippen molar-refractivity contribution in [3.63, 3.8) is 0 Å². The largest absolute Gasteiger partial charge is 0.459 e. The number of benzene rings is 1. The maximum Gasteiger partial charge on any atom is 0.301 e. The first-order chi connectivity index (χ1) is 8.70. The number of furan rings is 1. The summed E-state index contributed by atoms with van der Waals surface area (Å²) in [6, 6.07) is 9.75. The zero-order chi connectivity index (χ0) is 13.0. The molecule has 18 heavy (non-hydrogen) atoms. The van der Waals surface area contributed by atoms with E-state index in [1.807, 2.05) is 24.3 Å². The van der Waals surface area contributed by atoms with Crippen LogP contribution in [0, 0.1) is 0 Å². The van der Waals surface area contributed by atoms with Gasteiger partial charge in [-0.1, -0.05) is 15.9 Å². The molecule has 0 aliphatic rings. The highest BCUT2D eigenvalue weighted by atomic mass is 79.9. The first-order valence-electron chi connectivity index (χ1n) is 5.16. The molecule has 0 fully saturated rings. The summed E-state index contributed by atoms with van der Waals surface area (Å²) in [6.07, 6.45) is 1.49. The second-order valence-electron chi connectivity index (χ2n) is 3.49. The van der Waals surface area contributed by atoms with Gasteiger partial charge in [-0.2, -0.15) is 0 Å². The molecule has 94 valence electrons. The summed E-state index contributed by atoms with van der Waals surface area (Å²) in [5.41, 5.74) is 2.89. The topological polar surface area (TPSA) is 68.3 Å². The third kappa shape index (κ3) is 3.16. The van der Waals surface area contributed by atoms with Gasteiger partial charge >= 0.3 is 5.91 Å². The summed E-state index contributed by atoms with van der Waals surface area (Å²) < 4.78 is 6.15. The lowest BCUT2D eigenvalue weighted by Crippen LogP contribution is -2.30. The zero-order valence-corrected chi connectivity index (χ0v) is 11.8. The van der Waals surface area contributed by atoms with Crippen molar-refractivity contribution in [1.82, 2.24) is 5.43 Å². The van der Waals surface area contributed by atoms with Gasteiger partial charge in [0.2, 0.25) is 0 Å². The molecule has 0 radical (unpaired) electrons. The van der Waals surface area contributed by atoms with Crippen LogP contribution in [-0.2, 0) is 5.75 Å². The van der Waals surface area contributed by atoms with Crippen molar-refractivity contribution in [1.29, 1.82) is 0 Å². The van der Waals surface area contributed by atoms with Crippen molar-refractivity contribution in [2.45, 2.75) is 10.6 Å². The normalized spacial score (nSPS) is 10.3. The standard InChI is InChI=1S/C12H11BrN2O2S/c13-9-1-3-10(4-2-9)18-7-8-5-6-17-11(8)12(16)15-14/h1-6H,7,14H2,(H,15,16). The second kappa shape index (κ2) is 6.08. The molecule has 0 aliphatic heterocycles. The highest BCUT2D eigenvalue weighted by Crippen LogP contribution is 2.26. The molecule has 4 nitrogen and oxygen atoms in total. The minimum absolute atomic E-state index is 0.266. The van der Waals surface area contributed by atoms with Crippen LogP contribution in [0.4, 0.5) is 0 Å². The number of rotatable bonds is 4. The Hall–Kier alpha value is -1.24. The van der Waals surface area contributed by atoms with E-state index >= 15 is 0 Å². The van der Waals surface area contributed by atoms with Crippen LogP contribution in [0.25, 0.3) is 0 Å². The van der Waals surface area contributed by atoms with E-state index in [2.05, 4.69) is 21.4 Å². The number of nitrogens with one attached hydrogen (secondary N) is 1. The molecule has 1 heterocycles. The molecule has 0 saturated carbocycles. The third-order valence-electron chi connectivity index (χ3n) is 2.29. The molecule has 2 aromatic rings. The molecule has 1 aromatic carbocycles. The van der Waals surface area contributed by atoms with Gasteiger partial charge in [0.25, 0.3) is 0 Å². The maximum atomic E-state index is 11.4. The SMILES string of the molecule is NNC(=O)c1occc1CSc1ccc(Br)cc1. The van der Waals surface area contributed by atoms with Crippen LogP contribution in [0.15, 0.2) is 50.4 Å². The average Bonchev–Trinajstić information content (AvgIpc) is 2.85. The zero-order valence-electron chi connectivity index (χ0n) is 9.35. The number of hydrogen-bond donors (Lipinski definition) is 2. The van der Waals surface area contributed by atoms with Crippen molar-refractivity contribution in [2.75, 3.05) is 0 Å². The molecule has 6 heteroatoms. The minimum atomic E-state index is -0.411. The van der Waals surface area contributed by atoms with Crippen molar-refractivity contribution < 1.29 is 9.21 Å². The van der Waals surface area contributed by atoms with E-state index < -0.39 is 5.91 Å². The molecule has 3 N–H and O–H groups in total.